The number of rotatable bonds is 1. The number of aromatic nitrogens is 2. The van der Waals surface area contributed by atoms with E-state index < -0.39 is 11.7 Å². The number of hydrogen-bond donors (Lipinski definition) is 2. The van der Waals surface area contributed by atoms with E-state index >= 15 is 0 Å². The quantitative estimate of drug-likeness (QED) is 0.664. The minimum atomic E-state index is -4.42. The molecule has 27 heavy (non-hydrogen) atoms. The summed E-state index contributed by atoms with van der Waals surface area (Å²) in [6.45, 7) is 0. The fourth-order valence-corrected chi connectivity index (χ4v) is 3.41. The molecule has 0 amide bonds. The standard InChI is InChI=1S/C17H12F3N5OS/c18-17(19,20)10-4-3-5-11(8-10)21-15-24-23-14(9-27-15)25-13-7-2-1-6-12(13)22-16(25)26/h1-8H,9H2,(H,21,24)(H,22,26). The minimum absolute atomic E-state index is 0.263. The van der Waals surface area contributed by atoms with Crippen LogP contribution in [0.3, 0.4) is 0 Å². The highest BCUT2D eigenvalue weighted by Gasteiger charge is 2.30. The molecule has 0 atom stereocenters. The number of H-pyrrole nitrogens is 1. The van der Waals surface area contributed by atoms with Crippen LogP contribution in [0.1, 0.15) is 5.56 Å². The molecule has 0 bridgehead atoms. The van der Waals surface area contributed by atoms with Crippen molar-refractivity contribution in [3.05, 3.63) is 64.6 Å². The van der Waals surface area contributed by atoms with Crippen molar-refractivity contribution in [2.24, 2.45) is 10.2 Å². The van der Waals surface area contributed by atoms with Crippen molar-refractivity contribution in [3.8, 4) is 0 Å². The second-order valence-corrected chi connectivity index (χ2v) is 6.66. The molecule has 4 rings (SSSR count). The van der Waals surface area contributed by atoms with Gasteiger partial charge in [0.2, 0.25) is 0 Å². The second kappa shape index (κ2) is 6.62. The molecule has 2 aromatic carbocycles. The second-order valence-electron chi connectivity index (χ2n) is 5.70. The maximum Gasteiger partial charge on any atom is 0.416 e. The third kappa shape index (κ3) is 3.47. The van der Waals surface area contributed by atoms with Gasteiger partial charge in [0.1, 0.15) is 0 Å². The molecule has 1 aliphatic heterocycles. The summed E-state index contributed by atoms with van der Waals surface area (Å²) in [5, 5.41) is 11.3. The number of benzene rings is 2. The van der Waals surface area contributed by atoms with Crippen molar-refractivity contribution < 1.29 is 13.2 Å². The van der Waals surface area contributed by atoms with Crippen LogP contribution in [-0.2, 0) is 6.18 Å². The number of halogens is 3. The number of fused-ring (bicyclic) bond motifs is 1. The Hall–Kier alpha value is -3.01. The largest absolute Gasteiger partial charge is 0.416 e. The smallest absolute Gasteiger partial charge is 0.333 e. The predicted octanol–water partition coefficient (Wildman–Crippen LogP) is 3.72. The van der Waals surface area contributed by atoms with Crippen LogP contribution in [0.25, 0.3) is 11.0 Å². The molecule has 1 aliphatic rings. The molecule has 0 spiro atoms. The third-order valence-corrected chi connectivity index (χ3v) is 4.74. The Balaban J connectivity index is 1.60. The topological polar surface area (TPSA) is 74.5 Å². The molecule has 3 aromatic rings. The molecule has 0 radical (unpaired) electrons. The molecule has 1 aromatic heterocycles. The van der Waals surface area contributed by atoms with E-state index in [1.54, 1.807) is 12.1 Å². The Morgan fingerprint density at radius 1 is 1.11 bits per heavy atom. The molecule has 6 nitrogen and oxygen atoms in total. The summed E-state index contributed by atoms with van der Waals surface area (Å²) < 4.78 is 39.8. The predicted molar refractivity (Wildman–Crippen MR) is 100 cm³/mol. The van der Waals surface area contributed by atoms with E-state index in [2.05, 4.69) is 20.5 Å². The minimum Gasteiger partial charge on any atom is -0.333 e. The SMILES string of the molecule is O=c1[nH]c2ccccc2n1C1=NN=C(Nc2cccc(C(F)(F)F)c2)SC1. The van der Waals surface area contributed by atoms with Crippen LogP contribution in [0.4, 0.5) is 18.9 Å². The number of amidine groups is 1. The molecular formula is C17H12F3N5OS. The average Bonchev–Trinajstić information content (AvgIpc) is 2.98. The molecule has 0 saturated carbocycles. The van der Waals surface area contributed by atoms with E-state index in [9.17, 15) is 18.0 Å². The fourth-order valence-electron chi connectivity index (χ4n) is 2.67. The zero-order valence-corrected chi connectivity index (χ0v) is 14.4. The van der Waals surface area contributed by atoms with Crippen molar-refractivity contribution in [3.63, 3.8) is 0 Å². The van der Waals surface area contributed by atoms with Gasteiger partial charge in [0.15, 0.2) is 11.0 Å². The van der Waals surface area contributed by atoms with Crippen molar-refractivity contribution >= 4 is 39.5 Å². The summed E-state index contributed by atoms with van der Waals surface area (Å²) in [7, 11) is 0. The fraction of sp³-hybridized carbons (Fsp3) is 0.118. The number of alkyl halides is 3. The van der Waals surface area contributed by atoms with Gasteiger partial charge in [0.25, 0.3) is 0 Å². The van der Waals surface area contributed by atoms with E-state index in [0.717, 1.165) is 12.1 Å². The Labute approximate surface area is 154 Å². The lowest BCUT2D eigenvalue weighted by Crippen LogP contribution is -2.29. The van der Waals surface area contributed by atoms with Gasteiger partial charge >= 0.3 is 11.9 Å². The van der Waals surface area contributed by atoms with E-state index in [-0.39, 0.29) is 11.4 Å². The number of hydrogen-bond acceptors (Lipinski definition) is 5. The van der Waals surface area contributed by atoms with Crippen molar-refractivity contribution in [1.29, 1.82) is 0 Å². The van der Waals surface area contributed by atoms with E-state index in [4.69, 9.17) is 0 Å². The number of thioether (sulfide) groups is 1. The van der Waals surface area contributed by atoms with E-state index in [1.165, 1.54) is 28.5 Å². The molecular weight excluding hydrogens is 379 g/mol. The lowest BCUT2D eigenvalue weighted by Gasteiger charge is -2.15. The third-order valence-electron chi connectivity index (χ3n) is 3.88. The van der Waals surface area contributed by atoms with Gasteiger partial charge in [0, 0.05) is 5.69 Å². The summed E-state index contributed by atoms with van der Waals surface area (Å²) >= 11 is 1.25. The molecule has 0 saturated heterocycles. The highest BCUT2D eigenvalue weighted by atomic mass is 32.2. The normalized spacial score (nSPS) is 14.8. The Kier molecular flexibility index (Phi) is 4.27. The summed E-state index contributed by atoms with van der Waals surface area (Å²) in [6, 6.07) is 12.0. The Morgan fingerprint density at radius 3 is 2.67 bits per heavy atom. The Morgan fingerprint density at radius 2 is 1.93 bits per heavy atom. The molecule has 10 heteroatoms. The first kappa shape index (κ1) is 17.4. The molecule has 2 N–H and O–H groups in total. The van der Waals surface area contributed by atoms with Crippen LogP contribution in [0.15, 0.2) is 63.5 Å². The molecule has 2 heterocycles. The summed E-state index contributed by atoms with van der Waals surface area (Å²) in [5.41, 5.74) is 0.570. The number of imidazole rings is 1. The van der Waals surface area contributed by atoms with Crippen molar-refractivity contribution in [2.45, 2.75) is 6.18 Å². The number of nitrogens with one attached hydrogen (secondary N) is 2. The van der Waals surface area contributed by atoms with Gasteiger partial charge in [-0.25, -0.2) is 9.36 Å². The first-order valence-corrected chi connectivity index (χ1v) is 8.82. The zero-order chi connectivity index (χ0) is 19.0. The van der Waals surface area contributed by atoms with Gasteiger partial charge in [0.05, 0.1) is 22.3 Å². The van der Waals surface area contributed by atoms with Gasteiger partial charge in [-0.2, -0.15) is 13.2 Å². The number of nitrogens with zero attached hydrogens (tertiary/aromatic N) is 3. The van der Waals surface area contributed by atoms with Gasteiger partial charge in [-0.3, -0.25) is 0 Å². The van der Waals surface area contributed by atoms with Crippen molar-refractivity contribution in [2.75, 3.05) is 11.1 Å². The van der Waals surface area contributed by atoms with Crippen LogP contribution < -0.4 is 11.0 Å². The monoisotopic (exact) mass is 391 g/mol. The molecule has 0 fully saturated rings. The maximum atomic E-state index is 12.8. The van der Waals surface area contributed by atoms with Crippen LogP contribution in [-0.4, -0.2) is 26.3 Å². The average molecular weight is 391 g/mol. The number of aromatic amines is 1. The maximum absolute atomic E-state index is 12.8. The summed E-state index contributed by atoms with van der Waals surface area (Å²) in [4.78, 5) is 14.9. The number of para-hydroxylation sites is 2. The van der Waals surface area contributed by atoms with Gasteiger partial charge < -0.3 is 10.3 Å². The Bertz CT molecular complexity index is 1130. The molecule has 138 valence electrons. The van der Waals surface area contributed by atoms with Gasteiger partial charge in [-0.1, -0.05) is 30.0 Å². The van der Waals surface area contributed by atoms with Crippen LogP contribution in [0, 0.1) is 0 Å². The highest BCUT2D eigenvalue weighted by molar-refractivity contribution is 8.14. The van der Waals surface area contributed by atoms with Crippen LogP contribution in [0.5, 0.6) is 0 Å². The first-order chi connectivity index (χ1) is 12.9. The van der Waals surface area contributed by atoms with Crippen LogP contribution in [0.2, 0.25) is 0 Å². The highest BCUT2D eigenvalue weighted by Crippen LogP contribution is 2.31. The van der Waals surface area contributed by atoms with Crippen molar-refractivity contribution in [1.82, 2.24) is 9.55 Å². The summed E-state index contributed by atoms with van der Waals surface area (Å²) in [5.74, 6) is 0.782. The van der Waals surface area contributed by atoms with E-state index in [1.807, 2.05) is 12.1 Å². The van der Waals surface area contributed by atoms with Gasteiger partial charge in [-0.05, 0) is 30.3 Å². The van der Waals surface area contributed by atoms with Gasteiger partial charge in [-0.15, -0.1) is 10.2 Å². The first-order valence-electron chi connectivity index (χ1n) is 7.83. The number of anilines is 1. The lowest BCUT2D eigenvalue weighted by atomic mass is 10.2. The molecule has 0 unspecified atom stereocenters. The lowest BCUT2D eigenvalue weighted by molar-refractivity contribution is -0.137. The molecule has 0 aliphatic carbocycles. The zero-order valence-electron chi connectivity index (χ0n) is 13.6. The summed E-state index contributed by atoms with van der Waals surface area (Å²) in [6.07, 6.45) is -4.42. The van der Waals surface area contributed by atoms with E-state index in [0.29, 0.717) is 27.8 Å². The van der Waals surface area contributed by atoms with Crippen LogP contribution >= 0.6 is 11.8 Å².